The Morgan fingerprint density at radius 3 is 1.90 bits per heavy atom. The standard InChI is InChI=1S/C21H26N2O6S/c1-13-8-11-17(30-13)14-9-10-15(16(12-14)23(26)27)22(18(24)28-20(2,3)4)19(25)29-21(5,6)7/h8-12H,1-7H3. The predicted molar refractivity (Wildman–Crippen MR) is 116 cm³/mol. The number of nitrogens with zero attached hydrogens (tertiary/aromatic N) is 2. The maximum absolute atomic E-state index is 12.8. The molecule has 162 valence electrons. The third-order valence-electron chi connectivity index (χ3n) is 3.59. The Kier molecular flexibility index (Phi) is 6.56. The zero-order valence-electron chi connectivity index (χ0n) is 18.1. The van der Waals surface area contributed by atoms with Gasteiger partial charge in [0, 0.05) is 15.8 Å². The van der Waals surface area contributed by atoms with E-state index in [-0.39, 0.29) is 5.69 Å². The second-order valence-electron chi connectivity index (χ2n) is 8.67. The van der Waals surface area contributed by atoms with Crippen LogP contribution < -0.4 is 4.90 Å². The number of carbonyl (C=O) groups excluding carboxylic acids is 2. The predicted octanol–water partition coefficient (Wildman–Crippen LogP) is 6.31. The number of thiophene rings is 1. The topological polar surface area (TPSA) is 99.0 Å². The van der Waals surface area contributed by atoms with Crippen LogP contribution in [-0.2, 0) is 9.47 Å². The van der Waals surface area contributed by atoms with Gasteiger partial charge in [-0.3, -0.25) is 10.1 Å². The van der Waals surface area contributed by atoms with Gasteiger partial charge in [0.25, 0.3) is 5.69 Å². The van der Waals surface area contributed by atoms with Crippen LogP contribution in [0, 0.1) is 17.0 Å². The Morgan fingerprint density at radius 2 is 1.50 bits per heavy atom. The maximum Gasteiger partial charge on any atom is 0.424 e. The second kappa shape index (κ2) is 8.43. The van der Waals surface area contributed by atoms with Gasteiger partial charge in [0.05, 0.1) is 4.92 Å². The normalized spacial score (nSPS) is 11.7. The van der Waals surface area contributed by atoms with Crippen LogP contribution >= 0.6 is 11.3 Å². The molecule has 0 bridgehead atoms. The van der Waals surface area contributed by atoms with Crippen molar-refractivity contribution in [3.8, 4) is 10.4 Å². The third-order valence-corrected chi connectivity index (χ3v) is 4.64. The molecule has 1 aromatic carbocycles. The van der Waals surface area contributed by atoms with E-state index in [9.17, 15) is 19.7 Å². The van der Waals surface area contributed by atoms with Gasteiger partial charge in [-0.25, -0.2) is 9.59 Å². The van der Waals surface area contributed by atoms with E-state index in [1.54, 1.807) is 47.6 Å². The smallest absolute Gasteiger partial charge is 0.424 e. The number of hydrogen-bond acceptors (Lipinski definition) is 7. The molecule has 0 N–H and O–H groups in total. The molecular weight excluding hydrogens is 408 g/mol. The minimum Gasteiger partial charge on any atom is -0.443 e. The molecule has 0 atom stereocenters. The van der Waals surface area contributed by atoms with Crippen molar-refractivity contribution in [1.82, 2.24) is 0 Å². The van der Waals surface area contributed by atoms with Crippen LogP contribution in [0.4, 0.5) is 21.0 Å². The largest absolute Gasteiger partial charge is 0.443 e. The number of aryl methyl sites for hydroxylation is 1. The first-order chi connectivity index (χ1) is 13.7. The monoisotopic (exact) mass is 434 g/mol. The van der Waals surface area contributed by atoms with Gasteiger partial charge in [0.15, 0.2) is 0 Å². The number of hydrogen-bond donors (Lipinski definition) is 0. The lowest BCUT2D eigenvalue weighted by atomic mass is 10.1. The Labute approximate surface area is 179 Å². The van der Waals surface area contributed by atoms with E-state index >= 15 is 0 Å². The molecule has 0 aliphatic carbocycles. The average Bonchev–Trinajstić information content (AvgIpc) is 2.98. The lowest BCUT2D eigenvalue weighted by Crippen LogP contribution is -2.44. The number of benzene rings is 1. The summed E-state index contributed by atoms with van der Waals surface area (Å²) in [7, 11) is 0. The van der Waals surface area contributed by atoms with Crippen molar-refractivity contribution in [3.63, 3.8) is 0 Å². The van der Waals surface area contributed by atoms with Gasteiger partial charge in [0.2, 0.25) is 0 Å². The molecular formula is C21H26N2O6S. The SMILES string of the molecule is Cc1ccc(-c2ccc(N(C(=O)OC(C)(C)C)C(=O)OC(C)(C)C)c([N+](=O)[O-])c2)s1. The molecule has 8 nitrogen and oxygen atoms in total. The first kappa shape index (κ1) is 23.3. The Morgan fingerprint density at radius 1 is 0.967 bits per heavy atom. The molecule has 0 saturated heterocycles. The zero-order chi connectivity index (χ0) is 22.9. The lowest BCUT2D eigenvalue weighted by molar-refractivity contribution is -0.384. The number of rotatable bonds is 3. The summed E-state index contributed by atoms with van der Waals surface area (Å²) in [4.78, 5) is 39.2. The molecule has 9 heteroatoms. The van der Waals surface area contributed by atoms with Crippen molar-refractivity contribution in [2.45, 2.75) is 59.7 Å². The maximum atomic E-state index is 12.8. The number of anilines is 1. The van der Waals surface area contributed by atoms with Crippen LogP contribution in [0.2, 0.25) is 0 Å². The van der Waals surface area contributed by atoms with Crippen LogP contribution in [0.15, 0.2) is 30.3 Å². The van der Waals surface area contributed by atoms with Crippen LogP contribution in [0.25, 0.3) is 10.4 Å². The van der Waals surface area contributed by atoms with Gasteiger partial charge in [-0.15, -0.1) is 11.3 Å². The summed E-state index contributed by atoms with van der Waals surface area (Å²) in [5.41, 5.74) is -1.85. The van der Waals surface area contributed by atoms with Gasteiger partial charge in [-0.2, -0.15) is 4.90 Å². The number of nitro benzene ring substituents is 1. The van der Waals surface area contributed by atoms with Crippen LogP contribution in [0.3, 0.4) is 0 Å². The van der Waals surface area contributed by atoms with E-state index in [1.807, 2.05) is 19.1 Å². The summed E-state index contributed by atoms with van der Waals surface area (Å²) < 4.78 is 10.6. The molecule has 0 fully saturated rings. The highest BCUT2D eigenvalue weighted by atomic mass is 32.1. The highest BCUT2D eigenvalue weighted by Crippen LogP contribution is 2.37. The van der Waals surface area contributed by atoms with Crippen LogP contribution in [-0.4, -0.2) is 28.3 Å². The molecule has 0 aliphatic heterocycles. The summed E-state index contributed by atoms with van der Waals surface area (Å²) in [5, 5.41) is 11.8. The van der Waals surface area contributed by atoms with Crippen molar-refractivity contribution < 1.29 is 24.0 Å². The molecule has 0 saturated carbocycles. The van der Waals surface area contributed by atoms with E-state index in [4.69, 9.17) is 9.47 Å². The number of ether oxygens (including phenoxy) is 2. The van der Waals surface area contributed by atoms with Crippen molar-refractivity contribution in [2.24, 2.45) is 0 Å². The molecule has 1 heterocycles. The van der Waals surface area contributed by atoms with Crippen molar-refractivity contribution >= 4 is 34.9 Å². The fourth-order valence-corrected chi connectivity index (χ4v) is 3.35. The molecule has 30 heavy (non-hydrogen) atoms. The summed E-state index contributed by atoms with van der Waals surface area (Å²) in [5.74, 6) is 0. The van der Waals surface area contributed by atoms with Gasteiger partial charge in [0.1, 0.15) is 16.9 Å². The number of carbonyl (C=O) groups is 2. The molecule has 0 spiro atoms. The molecule has 0 radical (unpaired) electrons. The van der Waals surface area contributed by atoms with E-state index < -0.39 is 34.0 Å². The average molecular weight is 435 g/mol. The summed E-state index contributed by atoms with van der Waals surface area (Å²) in [6, 6.07) is 8.08. The molecule has 0 unspecified atom stereocenters. The van der Waals surface area contributed by atoms with Crippen molar-refractivity contribution in [3.05, 3.63) is 45.3 Å². The molecule has 1 aromatic heterocycles. The molecule has 0 aliphatic rings. The quantitative estimate of drug-likeness (QED) is 0.415. The highest BCUT2D eigenvalue weighted by molar-refractivity contribution is 7.15. The van der Waals surface area contributed by atoms with E-state index in [0.717, 1.165) is 9.75 Å². The highest BCUT2D eigenvalue weighted by Gasteiger charge is 2.36. The van der Waals surface area contributed by atoms with Crippen molar-refractivity contribution in [1.29, 1.82) is 0 Å². The van der Waals surface area contributed by atoms with E-state index in [1.165, 1.54) is 23.5 Å². The van der Waals surface area contributed by atoms with Gasteiger partial charge in [-0.05, 0) is 72.2 Å². The van der Waals surface area contributed by atoms with Crippen LogP contribution in [0.1, 0.15) is 46.4 Å². The third kappa shape index (κ3) is 6.03. The minimum atomic E-state index is -1.06. The molecule has 2 amide bonds. The summed E-state index contributed by atoms with van der Waals surface area (Å²) in [6.07, 6.45) is -2.11. The van der Waals surface area contributed by atoms with Crippen LogP contribution in [0.5, 0.6) is 0 Å². The number of nitro groups is 1. The Bertz CT molecular complexity index is 941. The minimum absolute atomic E-state index is 0.222. The van der Waals surface area contributed by atoms with Gasteiger partial charge >= 0.3 is 12.2 Å². The fourth-order valence-electron chi connectivity index (χ4n) is 2.49. The summed E-state index contributed by atoms with van der Waals surface area (Å²) >= 11 is 1.48. The van der Waals surface area contributed by atoms with E-state index in [0.29, 0.717) is 10.5 Å². The lowest BCUT2D eigenvalue weighted by Gasteiger charge is -2.28. The van der Waals surface area contributed by atoms with E-state index in [2.05, 4.69) is 0 Å². The first-order valence-corrected chi connectivity index (χ1v) is 10.1. The number of imide groups is 1. The molecule has 2 rings (SSSR count). The second-order valence-corrected chi connectivity index (χ2v) is 9.95. The Balaban J connectivity index is 2.59. The van der Waals surface area contributed by atoms with Crippen molar-refractivity contribution in [2.75, 3.05) is 4.90 Å². The first-order valence-electron chi connectivity index (χ1n) is 9.29. The summed E-state index contributed by atoms with van der Waals surface area (Å²) in [6.45, 7) is 11.7. The Hall–Kier alpha value is -2.94. The van der Waals surface area contributed by atoms with Gasteiger partial charge in [-0.1, -0.05) is 6.07 Å². The number of amides is 2. The molecule has 2 aromatic rings. The zero-order valence-corrected chi connectivity index (χ0v) is 19.0. The van der Waals surface area contributed by atoms with Gasteiger partial charge < -0.3 is 9.47 Å². The fraction of sp³-hybridized carbons (Fsp3) is 0.429.